The molecule has 21 heavy (non-hydrogen) atoms. The van der Waals surface area contributed by atoms with Gasteiger partial charge in [0.25, 0.3) is 6.02 Å². The molecule has 2 fully saturated rings. The molecule has 0 aromatic heterocycles. The van der Waals surface area contributed by atoms with Gasteiger partial charge in [-0.3, -0.25) is 0 Å². The second kappa shape index (κ2) is 8.71. The largest absolute Gasteiger partial charge is 0.430 e. The molecule has 2 saturated carbocycles. The maximum Gasteiger partial charge on any atom is 0.290 e. The van der Waals surface area contributed by atoms with Crippen molar-refractivity contribution in [1.82, 2.24) is 5.32 Å². The maximum absolute atomic E-state index is 8.74. The van der Waals surface area contributed by atoms with Gasteiger partial charge in [-0.05, 0) is 25.7 Å². The molecule has 0 unspecified atom stereocenters. The minimum atomic E-state index is 0.218. The van der Waals surface area contributed by atoms with Gasteiger partial charge >= 0.3 is 0 Å². The Labute approximate surface area is 128 Å². The number of nitrogens with zero attached hydrogens (tertiary/aromatic N) is 2. The molecule has 0 heterocycles. The molecule has 0 radical (unpaired) electrons. The predicted molar refractivity (Wildman–Crippen MR) is 84.8 cm³/mol. The number of ether oxygens (including phenoxy) is 1. The third-order valence-corrected chi connectivity index (χ3v) is 4.32. The average Bonchev–Trinajstić information content (AvgIpc) is 2.49. The van der Waals surface area contributed by atoms with Crippen LogP contribution in [0.3, 0.4) is 0 Å². The summed E-state index contributed by atoms with van der Waals surface area (Å²) >= 11 is 0. The highest BCUT2D eigenvalue weighted by Gasteiger charge is 2.19. The normalized spacial score (nSPS) is 21.6. The third-order valence-electron chi connectivity index (χ3n) is 4.32. The molecule has 2 aliphatic carbocycles. The van der Waals surface area contributed by atoms with Crippen LogP contribution in [-0.2, 0) is 4.74 Å². The van der Waals surface area contributed by atoms with Crippen LogP contribution < -0.4 is 5.32 Å². The lowest BCUT2D eigenvalue weighted by Crippen LogP contribution is -2.38. The Morgan fingerprint density at radius 1 is 1.10 bits per heavy atom. The van der Waals surface area contributed by atoms with Crippen molar-refractivity contribution >= 4 is 6.02 Å². The van der Waals surface area contributed by atoms with Crippen molar-refractivity contribution in [3.63, 3.8) is 0 Å². The Morgan fingerprint density at radius 2 is 1.71 bits per heavy atom. The second-order valence-corrected chi connectivity index (χ2v) is 6.18. The number of hydrogen-bond acceptors (Lipinski definition) is 3. The fraction of sp³-hybridized carbons (Fsp3) is 0.765. The number of hydrogen-bond donors (Lipinski definition) is 1. The topological polar surface area (TPSA) is 57.4 Å². The van der Waals surface area contributed by atoms with Crippen LogP contribution in [0.15, 0.2) is 17.3 Å². The van der Waals surface area contributed by atoms with E-state index in [0.717, 1.165) is 12.8 Å². The van der Waals surface area contributed by atoms with Gasteiger partial charge in [0.05, 0.1) is 18.5 Å². The smallest absolute Gasteiger partial charge is 0.290 e. The molecule has 116 valence electrons. The molecular weight excluding hydrogens is 262 g/mol. The first kappa shape index (κ1) is 15.9. The maximum atomic E-state index is 8.74. The number of amidine groups is 1. The number of nitrogens with one attached hydrogen (secondary N) is 1. The van der Waals surface area contributed by atoms with Gasteiger partial charge in [0, 0.05) is 6.04 Å². The quantitative estimate of drug-likeness (QED) is 0.482. The van der Waals surface area contributed by atoms with Crippen LogP contribution in [0.4, 0.5) is 0 Å². The van der Waals surface area contributed by atoms with Gasteiger partial charge in [-0.25, -0.2) is 4.99 Å². The Balaban J connectivity index is 1.96. The number of allylic oxidation sites excluding steroid dienone is 1. The molecule has 0 spiro atoms. The van der Waals surface area contributed by atoms with E-state index in [-0.39, 0.29) is 6.42 Å². The van der Waals surface area contributed by atoms with Crippen molar-refractivity contribution in [3.8, 4) is 6.07 Å². The van der Waals surface area contributed by atoms with Crippen LogP contribution in [0.1, 0.15) is 70.6 Å². The standard InChI is InChI=1S/C17H27N3O/c1-14(12-13-18)21-17(19-15-8-4-2-5-9-15)20-16-10-6-3-7-11-16/h15-16H,1-12H2,(H,19,20). The van der Waals surface area contributed by atoms with Gasteiger partial charge in [-0.2, -0.15) is 5.26 Å². The van der Waals surface area contributed by atoms with Crippen LogP contribution in [0.2, 0.25) is 0 Å². The molecule has 0 aliphatic heterocycles. The fourth-order valence-electron chi connectivity index (χ4n) is 3.15. The van der Waals surface area contributed by atoms with E-state index >= 15 is 0 Å². The van der Waals surface area contributed by atoms with Gasteiger partial charge in [0.1, 0.15) is 5.76 Å². The molecule has 0 aromatic rings. The highest BCUT2D eigenvalue weighted by molar-refractivity contribution is 5.75. The lowest BCUT2D eigenvalue weighted by Gasteiger charge is -2.26. The zero-order chi connectivity index (χ0) is 14.9. The van der Waals surface area contributed by atoms with Crippen molar-refractivity contribution in [1.29, 1.82) is 5.26 Å². The van der Waals surface area contributed by atoms with Gasteiger partial charge < -0.3 is 10.1 Å². The summed E-state index contributed by atoms with van der Waals surface area (Å²) in [5.74, 6) is 0.482. The van der Waals surface area contributed by atoms with Crippen LogP contribution in [0.5, 0.6) is 0 Å². The molecule has 4 heteroatoms. The Bertz CT molecular complexity index is 399. The van der Waals surface area contributed by atoms with Gasteiger partial charge in [0.15, 0.2) is 0 Å². The molecular formula is C17H27N3O. The highest BCUT2D eigenvalue weighted by Crippen LogP contribution is 2.22. The lowest BCUT2D eigenvalue weighted by atomic mass is 9.95. The Hall–Kier alpha value is -1.50. The zero-order valence-electron chi connectivity index (χ0n) is 12.9. The van der Waals surface area contributed by atoms with E-state index in [9.17, 15) is 0 Å². The summed E-state index contributed by atoms with van der Waals surface area (Å²) in [4.78, 5) is 4.76. The molecule has 0 saturated heterocycles. The summed E-state index contributed by atoms with van der Waals surface area (Å²) in [6.45, 7) is 3.80. The van der Waals surface area contributed by atoms with Crippen LogP contribution >= 0.6 is 0 Å². The summed E-state index contributed by atoms with van der Waals surface area (Å²) in [7, 11) is 0. The number of rotatable bonds is 4. The Kier molecular flexibility index (Phi) is 6.59. The van der Waals surface area contributed by atoms with E-state index in [2.05, 4.69) is 18.0 Å². The molecule has 0 aromatic carbocycles. The van der Waals surface area contributed by atoms with Crippen molar-refractivity contribution < 1.29 is 4.74 Å². The molecule has 0 bridgehead atoms. The van der Waals surface area contributed by atoms with E-state index in [0.29, 0.717) is 23.9 Å². The average molecular weight is 289 g/mol. The summed E-state index contributed by atoms with van der Waals surface area (Å²) in [6, 6.07) is 3.48. The van der Waals surface area contributed by atoms with Crippen LogP contribution in [0, 0.1) is 11.3 Å². The summed E-state index contributed by atoms with van der Waals surface area (Å²) in [5, 5.41) is 12.2. The van der Waals surface area contributed by atoms with Crippen molar-refractivity contribution in [2.45, 2.75) is 82.7 Å². The lowest BCUT2D eigenvalue weighted by molar-refractivity contribution is 0.336. The third kappa shape index (κ3) is 5.79. The van der Waals surface area contributed by atoms with Gasteiger partial charge in [-0.15, -0.1) is 0 Å². The van der Waals surface area contributed by atoms with E-state index in [1.807, 2.05) is 0 Å². The monoisotopic (exact) mass is 289 g/mol. The molecule has 4 nitrogen and oxygen atoms in total. The van der Waals surface area contributed by atoms with Gasteiger partial charge in [-0.1, -0.05) is 45.1 Å². The molecule has 2 rings (SSSR count). The van der Waals surface area contributed by atoms with E-state index in [1.54, 1.807) is 0 Å². The first-order valence-corrected chi connectivity index (χ1v) is 8.35. The highest BCUT2D eigenvalue weighted by atomic mass is 16.5. The van der Waals surface area contributed by atoms with Crippen LogP contribution in [-0.4, -0.2) is 18.1 Å². The van der Waals surface area contributed by atoms with Crippen molar-refractivity contribution in [3.05, 3.63) is 12.3 Å². The molecule has 0 atom stereocenters. The molecule has 1 N–H and O–H groups in total. The zero-order valence-corrected chi connectivity index (χ0v) is 12.9. The molecule has 0 amide bonds. The summed E-state index contributed by atoms with van der Waals surface area (Å²) in [6.07, 6.45) is 12.6. The minimum absolute atomic E-state index is 0.218. The first-order chi connectivity index (χ1) is 10.3. The molecule has 2 aliphatic rings. The SMILES string of the molecule is C=C(CC#N)O/C(=N/C1CCCCC1)NC1CCCCC1. The number of aliphatic imine (C=N–C) groups is 1. The van der Waals surface area contributed by atoms with Crippen molar-refractivity contribution in [2.75, 3.05) is 0 Å². The van der Waals surface area contributed by atoms with E-state index in [4.69, 9.17) is 15.0 Å². The summed E-state index contributed by atoms with van der Waals surface area (Å²) < 4.78 is 5.72. The van der Waals surface area contributed by atoms with Gasteiger partial charge in [0.2, 0.25) is 0 Å². The fourth-order valence-corrected chi connectivity index (χ4v) is 3.15. The Morgan fingerprint density at radius 3 is 2.33 bits per heavy atom. The van der Waals surface area contributed by atoms with E-state index in [1.165, 1.54) is 51.4 Å². The van der Waals surface area contributed by atoms with E-state index < -0.39 is 0 Å². The minimum Gasteiger partial charge on any atom is -0.430 e. The van der Waals surface area contributed by atoms with Crippen LogP contribution in [0.25, 0.3) is 0 Å². The second-order valence-electron chi connectivity index (χ2n) is 6.18. The first-order valence-electron chi connectivity index (χ1n) is 8.35. The predicted octanol–water partition coefficient (Wildman–Crippen LogP) is 4.04. The number of nitriles is 1. The summed E-state index contributed by atoms with van der Waals surface area (Å²) in [5.41, 5.74) is 0. The van der Waals surface area contributed by atoms with Crippen molar-refractivity contribution in [2.24, 2.45) is 4.99 Å².